The highest BCUT2D eigenvalue weighted by Gasteiger charge is 2.24. The Hall–Kier alpha value is -1.60. The average molecular weight is 321 g/mol. The fourth-order valence-electron chi connectivity index (χ4n) is 2.30. The molecule has 0 spiro atoms. The lowest BCUT2D eigenvalue weighted by Crippen LogP contribution is -2.34. The molecule has 3 rings (SSSR count). The van der Waals surface area contributed by atoms with Gasteiger partial charge in [0.1, 0.15) is 5.69 Å². The predicted octanol–water partition coefficient (Wildman–Crippen LogP) is 2.15. The number of aromatic nitrogens is 2. The van der Waals surface area contributed by atoms with Gasteiger partial charge in [-0.15, -0.1) is 11.3 Å². The first-order chi connectivity index (χ1) is 10.2. The molecule has 21 heavy (non-hydrogen) atoms. The summed E-state index contributed by atoms with van der Waals surface area (Å²) in [6.07, 6.45) is 0.945. The van der Waals surface area contributed by atoms with Crippen molar-refractivity contribution < 1.29 is 4.79 Å². The molecule has 3 heterocycles. The van der Waals surface area contributed by atoms with Crippen molar-refractivity contribution in [1.82, 2.24) is 15.1 Å². The predicted molar refractivity (Wildman–Crippen MR) is 84.9 cm³/mol. The van der Waals surface area contributed by atoms with Crippen molar-refractivity contribution in [1.29, 1.82) is 0 Å². The molecule has 1 fully saturated rings. The Labute approximate surface area is 130 Å². The van der Waals surface area contributed by atoms with E-state index in [0.717, 1.165) is 18.7 Å². The summed E-state index contributed by atoms with van der Waals surface area (Å²) < 4.78 is 0. The number of hydrogen-bond acceptors (Lipinski definition) is 5. The summed E-state index contributed by atoms with van der Waals surface area (Å²) in [6, 6.07) is 7.04. The van der Waals surface area contributed by atoms with Crippen molar-refractivity contribution in [3.63, 3.8) is 0 Å². The minimum Gasteiger partial charge on any atom is -0.336 e. The van der Waals surface area contributed by atoms with Crippen LogP contribution in [0.2, 0.25) is 0 Å². The average Bonchev–Trinajstić information content (AvgIpc) is 2.92. The maximum absolute atomic E-state index is 12.4. The van der Waals surface area contributed by atoms with Gasteiger partial charge in [0, 0.05) is 35.0 Å². The van der Waals surface area contributed by atoms with Crippen molar-refractivity contribution in [2.24, 2.45) is 0 Å². The van der Waals surface area contributed by atoms with Crippen LogP contribution in [-0.2, 0) is 0 Å². The molecular weight excluding hydrogens is 306 g/mol. The van der Waals surface area contributed by atoms with Gasteiger partial charge in [0.05, 0.1) is 0 Å². The van der Waals surface area contributed by atoms with Gasteiger partial charge in [0.2, 0.25) is 0 Å². The summed E-state index contributed by atoms with van der Waals surface area (Å²) in [5, 5.41) is 8.68. The first kappa shape index (κ1) is 14.3. The number of amides is 1. The van der Waals surface area contributed by atoms with Crippen LogP contribution >= 0.6 is 23.1 Å². The number of thiophene rings is 1. The summed E-state index contributed by atoms with van der Waals surface area (Å²) in [5.41, 5.74) is 0.00454. The van der Waals surface area contributed by atoms with Crippen molar-refractivity contribution in [2.45, 2.75) is 11.7 Å². The van der Waals surface area contributed by atoms with E-state index < -0.39 is 0 Å². The molecule has 1 aliphatic rings. The molecule has 1 N–H and O–H groups in total. The largest absolute Gasteiger partial charge is 0.336 e. The normalized spacial score (nSPS) is 19.2. The van der Waals surface area contributed by atoms with Crippen molar-refractivity contribution >= 4 is 29.0 Å². The molecule has 2 aromatic rings. The standard InChI is InChI=1S/C14H15N3O2S2/c18-13-4-3-10(15-16-13)14(19)17-6-5-12(21-9-7-17)11-2-1-8-20-11/h1-4,8,12H,5-7,9H2,(H,16,18)/t12-/m1/s1. The van der Waals surface area contributed by atoms with Crippen LogP contribution in [0, 0.1) is 0 Å². The number of nitrogens with one attached hydrogen (secondary N) is 1. The highest BCUT2D eigenvalue weighted by atomic mass is 32.2. The van der Waals surface area contributed by atoms with Gasteiger partial charge < -0.3 is 4.90 Å². The van der Waals surface area contributed by atoms with Crippen LogP contribution in [0.4, 0.5) is 0 Å². The van der Waals surface area contributed by atoms with E-state index in [0.29, 0.717) is 17.5 Å². The fourth-order valence-corrected chi connectivity index (χ4v) is 4.54. The Morgan fingerprint density at radius 3 is 2.95 bits per heavy atom. The summed E-state index contributed by atoms with van der Waals surface area (Å²) >= 11 is 3.67. The molecule has 0 saturated carbocycles. The van der Waals surface area contributed by atoms with E-state index in [2.05, 4.69) is 27.7 Å². The lowest BCUT2D eigenvalue weighted by atomic mass is 10.2. The second-order valence-corrected chi connectivity index (χ2v) is 7.05. The van der Waals surface area contributed by atoms with Crippen molar-refractivity contribution in [3.05, 3.63) is 50.6 Å². The van der Waals surface area contributed by atoms with Crippen LogP contribution in [0.25, 0.3) is 0 Å². The van der Waals surface area contributed by atoms with E-state index in [1.165, 1.54) is 17.0 Å². The van der Waals surface area contributed by atoms with Gasteiger partial charge in [0.25, 0.3) is 11.5 Å². The summed E-state index contributed by atoms with van der Waals surface area (Å²) in [5.74, 6) is 0.802. The van der Waals surface area contributed by atoms with Gasteiger partial charge in [-0.1, -0.05) is 6.07 Å². The number of carbonyl (C=O) groups is 1. The maximum atomic E-state index is 12.4. The number of carbonyl (C=O) groups excluding carboxylic acids is 1. The topological polar surface area (TPSA) is 66.1 Å². The van der Waals surface area contributed by atoms with Crippen molar-refractivity contribution in [2.75, 3.05) is 18.8 Å². The van der Waals surface area contributed by atoms with Gasteiger partial charge >= 0.3 is 0 Å². The molecule has 0 aromatic carbocycles. The summed E-state index contributed by atoms with van der Waals surface area (Å²) in [6.45, 7) is 1.43. The highest BCUT2D eigenvalue weighted by Crippen LogP contribution is 2.36. The van der Waals surface area contributed by atoms with Crippen LogP contribution in [-0.4, -0.2) is 39.8 Å². The third-order valence-electron chi connectivity index (χ3n) is 3.39. The maximum Gasteiger partial charge on any atom is 0.274 e. The Bertz CT molecular complexity index is 649. The molecule has 0 unspecified atom stereocenters. The molecule has 5 nitrogen and oxygen atoms in total. The molecule has 110 valence electrons. The van der Waals surface area contributed by atoms with E-state index in [9.17, 15) is 9.59 Å². The first-order valence-corrected chi connectivity index (χ1v) is 8.67. The number of hydrogen-bond donors (Lipinski definition) is 1. The molecule has 1 amide bonds. The zero-order valence-corrected chi connectivity index (χ0v) is 13.0. The van der Waals surface area contributed by atoms with Crippen LogP contribution in [0.1, 0.15) is 27.0 Å². The van der Waals surface area contributed by atoms with Crippen LogP contribution < -0.4 is 5.56 Å². The number of rotatable bonds is 2. The lowest BCUT2D eigenvalue weighted by molar-refractivity contribution is 0.0759. The number of nitrogens with zero attached hydrogens (tertiary/aromatic N) is 2. The molecule has 7 heteroatoms. The lowest BCUT2D eigenvalue weighted by Gasteiger charge is -2.19. The van der Waals surface area contributed by atoms with Crippen LogP contribution in [0.5, 0.6) is 0 Å². The van der Waals surface area contributed by atoms with Crippen LogP contribution in [0.3, 0.4) is 0 Å². The third kappa shape index (κ3) is 3.36. The van der Waals surface area contributed by atoms with Crippen molar-refractivity contribution in [3.8, 4) is 0 Å². The minimum atomic E-state index is -0.296. The fraction of sp³-hybridized carbons (Fsp3) is 0.357. The van der Waals surface area contributed by atoms with Gasteiger partial charge in [0.15, 0.2) is 0 Å². The Kier molecular flexibility index (Phi) is 4.40. The van der Waals surface area contributed by atoms with Gasteiger partial charge in [-0.3, -0.25) is 9.59 Å². The van der Waals surface area contributed by atoms with Gasteiger partial charge in [-0.05, 0) is 23.9 Å². The monoisotopic (exact) mass is 321 g/mol. The molecule has 1 aliphatic heterocycles. The molecule has 1 saturated heterocycles. The van der Waals surface area contributed by atoms with Gasteiger partial charge in [-0.25, -0.2) is 5.10 Å². The number of H-pyrrole nitrogens is 1. The Morgan fingerprint density at radius 2 is 2.24 bits per heavy atom. The van der Waals surface area contributed by atoms with Crippen LogP contribution in [0.15, 0.2) is 34.4 Å². The molecule has 2 aromatic heterocycles. The molecule has 0 bridgehead atoms. The zero-order chi connectivity index (χ0) is 14.7. The smallest absolute Gasteiger partial charge is 0.274 e. The molecular formula is C14H15N3O2S2. The molecule has 1 atom stereocenters. The van der Waals surface area contributed by atoms with E-state index in [4.69, 9.17) is 0 Å². The third-order valence-corrected chi connectivity index (χ3v) is 5.83. The molecule has 0 aliphatic carbocycles. The van der Waals surface area contributed by atoms with E-state index in [1.807, 2.05) is 16.7 Å². The number of aromatic amines is 1. The molecule has 0 radical (unpaired) electrons. The Morgan fingerprint density at radius 1 is 1.33 bits per heavy atom. The minimum absolute atomic E-state index is 0.112. The SMILES string of the molecule is O=C(c1ccc(=O)[nH]n1)N1CCS[C@@H](c2cccs2)CC1. The van der Waals surface area contributed by atoms with E-state index in [1.54, 1.807) is 11.3 Å². The number of thioether (sulfide) groups is 1. The quantitative estimate of drug-likeness (QED) is 0.920. The van der Waals surface area contributed by atoms with Gasteiger partial charge in [-0.2, -0.15) is 16.9 Å². The van der Waals surface area contributed by atoms with E-state index >= 15 is 0 Å². The summed E-state index contributed by atoms with van der Waals surface area (Å²) in [7, 11) is 0. The zero-order valence-electron chi connectivity index (χ0n) is 11.3. The Balaban J connectivity index is 1.68. The second-order valence-electron chi connectivity index (χ2n) is 4.76. The van der Waals surface area contributed by atoms with E-state index in [-0.39, 0.29) is 11.5 Å². The second kappa shape index (κ2) is 6.44. The first-order valence-electron chi connectivity index (χ1n) is 6.74. The highest BCUT2D eigenvalue weighted by molar-refractivity contribution is 7.99. The summed E-state index contributed by atoms with van der Waals surface area (Å²) in [4.78, 5) is 26.6.